The summed E-state index contributed by atoms with van der Waals surface area (Å²) in [7, 11) is 0. The minimum atomic E-state index is -0.661. The standard InChI is InChI=1S/C9H8N3O3/c1-2-15-8(14)6-5-11-9-10-3-4-12(9)7(6)13/h3-5H,2H2,1H3. The zero-order valence-electron chi connectivity index (χ0n) is 8.01. The largest absolute Gasteiger partial charge is 0.462 e. The molecule has 0 bridgehead atoms. The number of imidazole rings is 1. The molecule has 0 atom stereocenters. The van der Waals surface area contributed by atoms with Crippen molar-refractivity contribution < 1.29 is 14.3 Å². The molecule has 77 valence electrons. The van der Waals surface area contributed by atoms with Crippen LogP contribution in [0.5, 0.6) is 0 Å². The Labute approximate surface area is 85.6 Å². The maximum Gasteiger partial charge on any atom is 0.345 e. The first kappa shape index (κ1) is 9.45. The van der Waals surface area contributed by atoms with E-state index in [1.54, 1.807) is 6.92 Å². The summed E-state index contributed by atoms with van der Waals surface area (Å²) >= 11 is 0. The van der Waals surface area contributed by atoms with Crippen LogP contribution in [-0.2, 0) is 9.53 Å². The van der Waals surface area contributed by atoms with Crippen LogP contribution in [0.3, 0.4) is 0 Å². The monoisotopic (exact) mass is 206 g/mol. The van der Waals surface area contributed by atoms with E-state index in [-0.39, 0.29) is 18.1 Å². The van der Waals surface area contributed by atoms with Crippen molar-refractivity contribution in [2.75, 3.05) is 6.61 Å². The van der Waals surface area contributed by atoms with Crippen molar-refractivity contribution in [1.82, 2.24) is 14.9 Å². The second-order valence-electron chi connectivity index (χ2n) is 2.79. The van der Waals surface area contributed by atoms with Gasteiger partial charge in [0.25, 0.3) is 5.91 Å². The molecule has 0 saturated carbocycles. The number of carbonyl (C=O) groups is 2. The molecule has 6 nitrogen and oxygen atoms in total. The second-order valence-corrected chi connectivity index (χ2v) is 2.79. The Balaban J connectivity index is 2.27. The molecule has 1 aliphatic rings. The lowest BCUT2D eigenvalue weighted by atomic mass is 10.2. The fourth-order valence-corrected chi connectivity index (χ4v) is 1.21. The van der Waals surface area contributed by atoms with Gasteiger partial charge in [0.1, 0.15) is 5.57 Å². The zero-order valence-corrected chi connectivity index (χ0v) is 8.01. The number of hydrogen-bond donors (Lipinski definition) is 0. The lowest BCUT2D eigenvalue weighted by Gasteiger charge is -2.12. The molecule has 0 spiro atoms. The third kappa shape index (κ3) is 1.50. The summed E-state index contributed by atoms with van der Waals surface area (Å²) in [4.78, 5) is 26.8. The maximum absolute atomic E-state index is 11.7. The van der Waals surface area contributed by atoms with E-state index in [1.165, 1.54) is 23.2 Å². The molecule has 0 saturated heterocycles. The van der Waals surface area contributed by atoms with E-state index in [0.717, 1.165) is 0 Å². The van der Waals surface area contributed by atoms with E-state index < -0.39 is 11.9 Å². The predicted octanol–water partition coefficient (Wildman–Crippen LogP) is 0.220. The average molecular weight is 206 g/mol. The Hall–Kier alpha value is -2.11. The Kier molecular flexibility index (Phi) is 2.24. The molecule has 15 heavy (non-hydrogen) atoms. The summed E-state index contributed by atoms with van der Waals surface area (Å²) in [5.74, 6) is -0.852. The van der Waals surface area contributed by atoms with Gasteiger partial charge in [-0.15, -0.1) is 0 Å². The van der Waals surface area contributed by atoms with E-state index in [0.29, 0.717) is 0 Å². The van der Waals surface area contributed by atoms with Gasteiger partial charge >= 0.3 is 5.97 Å². The van der Waals surface area contributed by atoms with Gasteiger partial charge in [-0.05, 0) is 6.92 Å². The molecule has 0 fully saturated rings. The quantitative estimate of drug-likeness (QED) is 0.512. The van der Waals surface area contributed by atoms with Crippen LogP contribution < -0.4 is 5.32 Å². The van der Waals surface area contributed by atoms with Crippen LogP contribution in [0.15, 0.2) is 24.2 Å². The van der Waals surface area contributed by atoms with Gasteiger partial charge < -0.3 is 4.74 Å². The van der Waals surface area contributed by atoms with Crippen LogP contribution in [-0.4, -0.2) is 28.0 Å². The van der Waals surface area contributed by atoms with E-state index in [1.807, 2.05) is 0 Å². The smallest absolute Gasteiger partial charge is 0.345 e. The van der Waals surface area contributed by atoms with Crippen LogP contribution in [0.25, 0.3) is 0 Å². The fraction of sp³-hybridized carbons (Fsp3) is 0.222. The van der Waals surface area contributed by atoms with E-state index in [9.17, 15) is 9.59 Å². The van der Waals surface area contributed by atoms with E-state index in [2.05, 4.69) is 10.3 Å². The van der Waals surface area contributed by atoms with Gasteiger partial charge in [-0.3, -0.25) is 4.79 Å². The molecule has 2 rings (SSSR count). The molecule has 1 aromatic heterocycles. The minimum Gasteiger partial charge on any atom is -0.462 e. The number of fused-ring (bicyclic) bond motifs is 1. The zero-order chi connectivity index (χ0) is 10.8. The van der Waals surface area contributed by atoms with Crippen molar-refractivity contribution in [3.63, 3.8) is 0 Å². The van der Waals surface area contributed by atoms with Gasteiger partial charge in [0.15, 0.2) is 0 Å². The maximum atomic E-state index is 11.7. The summed E-state index contributed by atoms with van der Waals surface area (Å²) in [6.45, 7) is 1.89. The van der Waals surface area contributed by atoms with Crippen LogP contribution in [0, 0.1) is 0 Å². The van der Waals surface area contributed by atoms with E-state index >= 15 is 0 Å². The second kappa shape index (κ2) is 3.56. The Morgan fingerprint density at radius 1 is 1.60 bits per heavy atom. The van der Waals surface area contributed by atoms with Gasteiger partial charge in [0.05, 0.1) is 12.8 Å². The summed E-state index contributed by atoms with van der Waals surface area (Å²) < 4.78 is 5.92. The Morgan fingerprint density at radius 3 is 3.13 bits per heavy atom. The van der Waals surface area contributed by atoms with Crippen molar-refractivity contribution in [3.8, 4) is 0 Å². The molecule has 0 unspecified atom stereocenters. The topological polar surface area (TPSA) is 75.3 Å². The molecule has 1 aliphatic heterocycles. The molecule has 0 N–H and O–H groups in total. The number of esters is 1. The van der Waals surface area contributed by atoms with Gasteiger partial charge in [-0.2, -0.15) is 0 Å². The highest BCUT2D eigenvalue weighted by atomic mass is 16.5. The summed E-state index contributed by atoms with van der Waals surface area (Å²) in [5.41, 5.74) is -0.0812. The molecular formula is C9H8N3O3. The molecule has 2 heterocycles. The Bertz CT molecular complexity index is 447. The van der Waals surface area contributed by atoms with Crippen LogP contribution in [0.1, 0.15) is 11.7 Å². The average Bonchev–Trinajstić information content (AvgIpc) is 2.67. The number of carbonyl (C=O) groups excluding carboxylic acids is 2. The highest BCUT2D eigenvalue weighted by Gasteiger charge is 2.27. The molecule has 1 aromatic rings. The van der Waals surface area contributed by atoms with Crippen LogP contribution in [0.4, 0.5) is 5.95 Å². The highest BCUT2D eigenvalue weighted by molar-refractivity contribution is 6.18. The third-order valence-corrected chi connectivity index (χ3v) is 1.87. The van der Waals surface area contributed by atoms with Gasteiger partial charge in [-0.1, -0.05) is 0 Å². The number of nitrogens with zero attached hydrogens (tertiary/aromatic N) is 3. The highest BCUT2D eigenvalue weighted by Crippen LogP contribution is 2.15. The normalized spacial score (nSPS) is 13.9. The third-order valence-electron chi connectivity index (χ3n) is 1.87. The summed E-state index contributed by atoms with van der Waals surface area (Å²) in [5, 5.41) is 3.86. The predicted molar refractivity (Wildman–Crippen MR) is 49.4 cm³/mol. The fourth-order valence-electron chi connectivity index (χ4n) is 1.21. The SMILES string of the molecule is CCOC(=O)C1=C[N]c2nccn2C1=O. The lowest BCUT2D eigenvalue weighted by Crippen LogP contribution is -2.26. The number of aromatic nitrogens is 2. The first-order valence-corrected chi connectivity index (χ1v) is 4.40. The van der Waals surface area contributed by atoms with Gasteiger partial charge in [0, 0.05) is 12.4 Å². The van der Waals surface area contributed by atoms with Gasteiger partial charge in [-0.25, -0.2) is 19.7 Å². The molecule has 1 radical (unpaired) electrons. The number of ether oxygens (including phenoxy) is 1. The summed E-state index contributed by atoms with van der Waals surface area (Å²) in [6.07, 6.45) is 4.08. The van der Waals surface area contributed by atoms with Crippen molar-refractivity contribution in [1.29, 1.82) is 0 Å². The number of rotatable bonds is 2. The van der Waals surface area contributed by atoms with Crippen molar-refractivity contribution in [3.05, 3.63) is 24.2 Å². The van der Waals surface area contributed by atoms with E-state index in [4.69, 9.17) is 4.74 Å². The lowest BCUT2D eigenvalue weighted by molar-refractivity contribution is -0.138. The van der Waals surface area contributed by atoms with Crippen molar-refractivity contribution in [2.24, 2.45) is 0 Å². The van der Waals surface area contributed by atoms with Gasteiger partial charge in [0.2, 0.25) is 5.95 Å². The number of hydrogen-bond acceptors (Lipinski definition) is 4. The van der Waals surface area contributed by atoms with Crippen LogP contribution >= 0.6 is 0 Å². The molecule has 0 aromatic carbocycles. The minimum absolute atomic E-state index is 0.0812. The first-order chi connectivity index (χ1) is 7.24. The molecule has 0 amide bonds. The first-order valence-electron chi connectivity index (χ1n) is 4.40. The molecular weight excluding hydrogens is 198 g/mol. The van der Waals surface area contributed by atoms with Crippen molar-refractivity contribution in [2.45, 2.75) is 6.92 Å². The molecule has 6 heteroatoms. The molecule has 0 aliphatic carbocycles. The summed E-state index contributed by atoms with van der Waals surface area (Å²) in [6, 6.07) is 0. The van der Waals surface area contributed by atoms with Crippen molar-refractivity contribution >= 4 is 17.8 Å². The Morgan fingerprint density at radius 2 is 2.40 bits per heavy atom. The van der Waals surface area contributed by atoms with Crippen LogP contribution in [0.2, 0.25) is 0 Å².